The summed E-state index contributed by atoms with van der Waals surface area (Å²) in [6.07, 6.45) is 63.3. The van der Waals surface area contributed by atoms with E-state index >= 15 is 0 Å². The SMILES string of the molecule is CCCCCC/C=C\C=C/CCCCCCCC(=O)O[C@H](COC(=O)CCCCCCCCCC(C)C)COP(=O)(O)OCC(O)COP(=O)(O)OC[C@@H](COC(=O)CCCCCCCCCCCCC(C)CC)OC(=O)CCCCCCCCCCCCCCCCCCCCC(C)CC. The third-order valence-corrected chi connectivity index (χ3v) is 21.1. The van der Waals surface area contributed by atoms with E-state index in [1.165, 1.54) is 193 Å². The lowest BCUT2D eigenvalue weighted by molar-refractivity contribution is -0.161. The number of unbranched alkanes of at least 4 members (excludes halogenated alkanes) is 41. The Labute approximate surface area is 618 Å². The average Bonchev–Trinajstić information content (AvgIpc) is 1.08. The second kappa shape index (κ2) is 71.8. The standard InChI is InChI=1S/C82H156O17P2/c1-8-11-12-13-14-15-16-17-22-26-29-36-43-51-58-65-82(87)99-78(70-93-80(85)64-57-50-45-38-39-46-53-60-73(4)5)72-97-101(90,91)95-68-76(83)67-94-100(88,89)96-71-77(69-92-79(84)63-56-49-42-35-32-31-34-41-48-55-62-75(7)10-3)98-81(86)66-59-52-44-37-30-27-24-21-19-18-20-23-25-28-33-40-47-54-61-74(6)9-2/h15-17,22,73-78,83H,8-14,18-21,23-72H2,1-7H3,(H,88,89)(H,90,91)/b16-15-,22-17-/t74?,75?,76?,77-,78-/m1/s1. The first kappa shape index (κ1) is 98.5. The molecule has 596 valence electrons. The fourth-order valence-electron chi connectivity index (χ4n) is 12.1. The van der Waals surface area contributed by atoms with Crippen LogP contribution in [0.25, 0.3) is 0 Å². The van der Waals surface area contributed by atoms with Gasteiger partial charge in [0.1, 0.15) is 19.3 Å². The van der Waals surface area contributed by atoms with Crippen LogP contribution in [0, 0.1) is 17.8 Å². The maximum atomic E-state index is 13.1. The maximum absolute atomic E-state index is 13.1. The summed E-state index contributed by atoms with van der Waals surface area (Å²) < 4.78 is 68.7. The van der Waals surface area contributed by atoms with E-state index in [-0.39, 0.29) is 25.7 Å². The normalized spacial score (nSPS) is 14.6. The van der Waals surface area contributed by atoms with Gasteiger partial charge in [0.05, 0.1) is 26.4 Å². The van der Waals surface area contributed by atoms with E-state index in [1.807, 2.05) is 0 Å². The van der Waals surface area contributed by atoms with Crippen LogP contribution in [-0.2, 0) is 65.4 Å². The molecule has 0 fully saturated rings. The minimum absolute atomic E-state index is 0.0841. The summed E-state index contributed by atoms with van der Waals surface area (Å²) in [5, 5.41) is 10.6. The summed E-state index contributed by atoms with van der Waals surface area (Å²) in [5.74, 6) is 0.237. The number of carbonyl (C=O) groups excluding carboxylic acids is 4. The van der Waals surface area contributed by atoms with Gasteiger partial charge in [-0.2, -0.15) is 0 Å². The second-order valence-electron chi connectivity index (χ2n) is 29.8. The van der Waals surface area contributed by atoms with Crippen LogP contribution < -0.4 is 0 Å². The average molecular weight is 1480 g/mol. The van der Waals surface area contributed by atoms with Gasteiger partial charge in [0, 0.05) is 25.7 Å². The number of phosphoric acid groups is 2. The Hall–Kier alpha value is -2.46. The highest BCUT2D eigenvalue weighted by atomic mass is 31.2. The number of carbonyl (C=O) groups is 4. The summed E-state index contributed by atoms with van der Waals surface area (Å²) >= 11 is 0. The molecule has 5 unspecified atom stereocenters. The third-order valence-electron chi connectivity index (χ3n) is 19.2. The van der Waals surface area contributed by atoms with Crippen LogP contribution in [0.1, 0.15) is 402 Å². The molecule has 0 saturated carbocycles. The molecular weight excluding hydrogens is 1320 g/mol. The predicted molar refractivity (Wildman–Crippen MR) is 414 cm³/mol. The molecule has 7 atom stereocenters. The highest BCUT2D eigenvalue weighted by Crippen LogP contribution is 2.45. The van der Waals surface area contributed by atoms with Crippen LogP contribution in [0.15, 0.2) is 24.3 Å². The van der Waals surface area contributed by atoms with Gasteiger partial charge >= 0.3 is 39.5 Å². The Morgan fingerprint density at radius 1 is 0.327 bits per heavy atom. The van der Waals surface area contributed by atoms with Crippen molar-refractivity contribution in [3.8, 4) is 0 Å². The van der Waals surface area contributed by atoms with E-state index in [0.717, 1.165) is 121 Å². The monoisotopic (exact) mass is 1480 g/mol. The molecule has 101 heavy (non-hydrogen) atoms. The molecule has 0 aliphatic heterocycles. The van der Waals surface area contributed by atoms with Crippen LogP contribution in [0.3, 0.4) is 0 Å². The van der Waals surface area contributed by atoms with Crippen molar-refractivity contribution in [3.63, 3.8) is 0 Å². The van der Waals surface area contributed by atoms with E-state index in [9.17, 15) is 43.2 Å². The van der Waals surface area contributed by atoms with Crippen molar-refractivity contribution in [1.82, 2.24) is 0 Å². The quantitative estimate of drug-likeness (QED) is 0.0169. The summed E-state index contributed by atoms with van der Waals surface area (Å²) in [4.78, 5) is 73.0. The topological polar surface area (TPSA) is 237 Å². The number of hydrogen-bond donors (Lipinski definition) is 3. The van der Waals surface area contributed by atoms with Gasteiger partial charge in [-0.1, -0.05) is 349 Å². The van der Waals surface area contributed by atoms with Gasteiger partial charge in [0.25, 0.3) is 0 Å². The molecule has 0 aromatic carbocycles. The smallest absolute Gasteiger partial charge is 0.462 e. The van der Waals surface area contributed by atoms with E-state index < -0.39 is 97.5 Å². The molecule has 0 amide bonds. The second-order valence-corrected chi connectivity index (χ2v) is 32.7. The Balaban J connectivity index is 5.25. The Bertz CT molecular complexity index is 2060. The number of aliphatic hydroxyl groups is 1. The Morgan fingerprint density at radius 2 is 0.584 bits per heavy atom. The number of esters is 4. The summed E-state index contributed by atoms with van der Waals surface area (Å²) in [7, 11) is -9.93. The van der Waals surface area contributed by atoms with Crippen molar-refractivity contribution < 1.29 is 80.2 Å². The van der Waals surface area contributed by atoms with Crippen LogP contribution in [-0.4, -0.2) is 96.7 Å². The number of allylic oxidation sites excluding steroid dienone is 4. The van der Waals surface area contributed by atoms with Crippen molar-refractivity contribution >= 4 is 39.5 Å². The van der Waals surface area contributed by atoms with Crippen molar-refractivity contribution in [2.75, 3.05) is 39.6 Å². The van der Waals surface area contributed by atoms with Crippen molar-refractivity contribution in [3.05, 3.63) is 24.3 Å². The van der Waals surface area contributed by atoms with Crippen LogP contribution in [0.2, 0.25) is 0 Å². The lowest BCUT2D eigenvalue weighted by atomic mass is 9.99. The molecule has 0 saturated heterocycles. The fraction of sp³-hybridized carbons (Fsp3) is 0.902. The number of ether oxygens (including phenoxy) is 4. The van der Waals surface area contributed by atoms with E-state index in [4.69, 9.17) is 37.0 Å². The van der Waals surface area contributed by atoms with Gasteiger partial charge < -0.3 is 33.8 Å². The zero-order chi connectivity index (χ0) is 74.4. The Kier molecular flexibility index (Phi) is 70.0. The molecule has 0 heterocycles. The summed E-state index contributed by atoms with van der Waals surface area (Å²) in [6, 6.07) is 0. The van der Waals surface area contributed by atoms with Gasteiger partial charge in [-0.3, -0.25) is 37.3 Å². The molecular formula is C82H156O17P2. The zero-order valence-electron chi connectivity index (χ0n) is 65.9. The molecule has 0 aromatic heterocycles. The first-order chi connectivity index (χ1) is 48.8. The van der Waals surface area contributed by atoms with Crippen molar-refractivity contribution in [2.45, 2.75) is 420 Å². The lowest BCUT2D eigenvalue weighted by Crippen LogP contribution is -2.30. The van der Waals surface area contributed by atoms with Gasteiger partial charge in [0.15, 0.2) is 12.2 Å². The van der Waals surface area contributed by atoms with Crippen molar-refractivity contribution in [2.24, 2.45) is 17.8 Å². The van der Waals surface area contributed by atoms with Gasteiger partial charge in [0.2, 0.25) is 0 Å². The molecule has 3 N–H and O–H groups in total. The van der Waals surface area contributed by atoms with Gasteiger partial charge in [-0.25, -0.2) is 9.13 Å². The lowest BCUT2D eigenvalue weighted by Gasteiger charge is -2.21. The first-order valence-corrected chi connectivity index (χ1v) is 44.7. The minimum atomic E-state index is -4.97. The fourth-order valence-corrected chi connectivity index (χ4v) is 13.6. The summed E-state index contributed by atoms with van der Waals surface area (Å²) in [5.41, 5.74) is 0. The molecule has 0 radical (unpaired) electrons. The molecule has 19 heteroatoms. The predicted octanol–water partition coefficient (Wildman–Crippen LogP) is 24.1. The number of phosphoric ester groups is 2. The van der Waals surface area contributed by atoms with E-state index in [2.05, 4.69) is 72.8 Å². The van der Waals surface area contributed by atoms with Gasteiger partial charge in [-0.15, -0.1) is 0 Å². The summed E-state index contributed by atoms with van der Waals surface area (Å²) in [6.45, 7) is 11.9. The van der Waals surface area contributed by atoms with Gasteiger partial charge in [-0.05, 0) is 69.1 Å². The van der Waals surface area contributed by atoms with E-state index in [1.54, 1.807) is 0 Å². The molecule has 0 aliphatic carbocycles. The molecule has 17 nitrogen and oxygen atoms in total. The maximum Gasteiger partial charge on any atom is 0.472 e. The highest BCUT2D eigenvalue weighted by molar-refractivity contribution is 7.47. The largest absolute Gasteiger partial charge is 0.472 e. The molecule has 0 spiro atoms. The van der Waals surface area contributed by atoms with Crippen LogP contribution >= 0.6 is 15.6 Å². The molecule has 0 aromatic rings. The van der Waals surface area contributed by atoms with Crippen LogP contribution in [0.5, 0.6) is 0 Å². The molecule has 0 aliphatic rings. The third kappa shape index (κ3) is 72.9. The first-order valence-electron chi connectivity index (χ1n) is 41.7. The number of hydrogen-bond acceptors (Lipinski definition) is 15. The highest BCUT2D eigenvalue weighted by Gasteiger charge is 2.30. The minimum Gasteiger partial charge on any atom is -0.462 e. The van der Waals surface area contributed by atoms with Crippen molar-refractivity contribution in [1.29, 1.82) is 0 Å². The number of rotatable bonds is 78. The Morgan fingerprint density at radius 3 is 0.881 bits per heavy atom. The zero-order valence-corrected chi connectivity index (χ0v) is 67.6. The molecule has 0 rings (SSSR count). The van der Waals surface area contributed by atoms with E-state index in [0.29, 0.717) is 31.6 Å². The molecule has 0 bridgehead atoms. The number of aliphatic hydroxyl groups excluding tert-OH is 1. The van der Waals surface area contributed by atoms with Crippen LogP contribution in [0.4, 0.5) is 0 Å².